The second kappa shape index (κ2) is 9.71. The molecule has 3 amide bonds. The van der Waals surface area contributed by atoms with E-state index < -0.39 is 11.6 Å². The molecule has 1 atom stereocenters. The number of carbonyl (C=O) groups excluding carboxylic acids is 3. The van der Waals surface area contributed by atoms with Crippen LogP contribution in [0.2, 0.25) is 0 Å². The maximum absolute atomic E-state index is 13.1. The smallest absolute Gasteiger partial charge is 0.248 e. The molecule has 0 radical (unpaired) electrons. The lowest BCUT2D eigenvalue weighted by molar-refractivity contribution is -0.144. The fraction of sp³-hybridized carbons (Fsp3) is 0.700. The van der Waals surface area contributed by atoms with Crippen molar-refractivity contribution in [3.05, 3.63) is 18.5 Å². The van der Waals surface area contributed by atoms with Gasteiger partial charge in [-0.15, -0.1) is 0 Å². The van der Waals surface area contributed by atoms with Gasteiger partial charge in [0.2, 0.25) is 17.7 Å². The van der Waals surface area contributed by atoms with Crippen molar-refractivity contribution in [2.24, 2.45) is 0 Å². The van der Waals surface area contributed by atoms with Crippen LogP contribution < -0.4 is 5.32 Å². The summed E-state index contributed by atoms with van der Waals surface area (Å²) < 4.78 is 1.56. The van der Waals surface area contributed by atoms with Crippen LogP contribution in [0.1, 0.15) is 58.9 Å². The number of carbonyl (C=O) groups is 3. The predicted molar refractivity (Wildman–Crippen MR) is 106 cm³/mol. The molecule has 0 spiro atoms. The summed E-state index contributed by atoms with van der Waals surface area (Å²) in [5.41, 5.74) is -0.848. The summed E-state index contributed by atoms with van der Waals surface area (Å²) in [5.74, 6) is -0.512. The molecule has 2 rings (SSSR count). The van der Waals surface area contributed by atoms with Crippen LogP contribution in [-0.4, -0.2) is 69.5 Å². The molecule has 28 heavy (non-hydrogen) atoms. The molecule has 156 valence electrons. The Bertz CT molecular complexity index is 663. The van der Waals surface area contributed by atoms with Gasteiger partial charge >= 0.3 is 0 Å². The Hall–Kier alpha value is -2.38. The van der Waals surface area contributed by atoms with Gasteiger partial charge in [-0.3, -0.25) is 19.1 Å². The van der Waals surface area contributed by atoms with Gasteiger partial charge < -0.3 is 15.1 Å². The number of amides is 3. The van der Waals surface area contributed by atoms with E-state index in [2.05, 4.69) is 10.4 Å². The average Bonchev–Trinajstić information content (AvgIpc) is 3.23. The molecule has 1 aromatic heterocycles. The summed E-state index contributed by atoms with van der Waals surface area (Å²) in [6.07, 6.45) is 7.53. The van der Waals surface area contributed by atoms with E-state index in [1.807, 2.05) is 13.8 Å². The Labute approximate surface area is 167 Å². The highest BCUT2D eigenvalue weighted by Gasteiger charge is 2.42. The maximum Gasteiger partial charge on any atom is 0.248 e. The zero-order valence-electron chi connectivity index (χ0n) is 17.5. The van der Waals surface area contributed by atoms with Crippen molar-refractivity contribution in [3.63, 3.8) is 0 Å². The second-order valence-electron chi connectivity index (χ2n) is 7.52. The number of aromatic nitrogens is 2. The number of rotatable bonds is 8. The van der Waals surface area contributed by atoms with Crippen LogP contribution in [-0.2, 0) is 14.4 Å². The van der Waals surface area contributed by atoms with Gasteiger partial charge in [-0.1, -0.05) is 19.3 Å². The highest BCUT2D eigenvalue weighted by atomic mass is 16.2. The van der Waals surface area contributed by atoms with E-state index in [1.165, 1.54) is 4.90 Å². The first-order valence-electron chi connectivity index (χ1n) is 10.2. The molecule has 0 saturated heterocycles. The molecule has 1 N–H and O–H groups in total. The molecule has 1 aliphatic carbocycles. The first-order chi connectivity index (χ1) is 13.3. The lowest BCUT2D eigenvalue weighted by Crippen LogP contribution is -2.61. The zero-order chi connectivity index (χ0) is 20.7. The third-order valence-electron chi connectivity index (χ3n) is 5.58. The minimum atomic E-state index is -0.848. The van der Waals surface area contributed by atoms with Crippen LogP contribution >= 0.6 is 0 Å². The average molecular weight is 392 g/mol. The fourth-order valence-corrected chi connectivity index (χ4v) is 3.90. The van der Waals surface area contributed by atoms with Crippen LogP contribution in [0.3, 0.4) is 0 Å². The third-order valence-corrected chi connectivity index (χ3v) is 5.58. The SMILES string of the molecule is CCN(CC)C(=O)C1(NC(=O)CN(C)C(=O)C(C)n2cccn2)CCCCC1. The van der Waals surface area contributed by atoms with Crippen LogP contribution in [0.15, 0.2) is 18.5 Å². The number of nitrogens with zero attached hydrogens (tertiary/aromatic N) is 4. The molecule has 0 aliphatic heterocycles. The van der Waals surface area contributed by atoms with Crippen LogP contribution in [0.25, 0.3) is 0 Å². The zero-order valence-corrected chi connectivity index (χ0v) is 17.5. The second-order valence-corrected chi connectivity index (χ2v) is 7.52. The molecule has 8 nitrogen and oxygen atoms in total. The number of hydrogen-bond acceptors (Lipinski definition) is 4. The van der Waals surface area contributed by atoms with Gasteiger partial charge in [-0.25, -0.2) is 0 Å². The highest BCUT2D eigenvalue weighted by molar-refractivity contribution is 5.93. The van der Waals surface area contributed by atoms with Gasteiger partial charge in [0.05, 0.1) is 6.54 Å². The van der Waals surface area contributed by atoms with Gasteiger partial charge in [-0.05, 0) is 39.7 Å². The molecule has 1 fully saturated rings. The molecule has 8 heteroatoms. The van der Waals surface area contributed by atoms with Crippen molar-refractivity contribution in [1.82, 2.24) is 24.9 Å². The van der Waals surface area contributed by atoms with Gasteiger partial charge in [0.25, 0.3) is 0 Å². The van der Waals surface area contributed by atoms with Crippen molar-refractivity contribution >= 4 is 17.7 Å². The Morgan fingerprint density at radius 2 is 1.82 bits per heavy atom. The monoisotopic (exact) mass is 391 g/mol. The molecular formula is C20H33N5O3. The Morgan fingerprint density at radius 3 is 2.36 bits per heavy atom. The van der Waals surface area contributed by atoms with Gasteiger partial charge in [0, 0.05) is 32.5 Å². The first kappa shape index (κ1) is 21.9. The van der Waals surface area contributed by atoms with Gasteiger partial charge in [0.15, 0.2) is 0 Å². The maximum atomic E-state index is 13.1. The van der Waals surface area contributed by atoms with E-state index >= 15 is 0 Å². The number of likely N-dealkylation sites (N-methyl/N-ethyl adjacent to an activating group) is 2. The van der Waals surface area contributed by atoms with Crippen LogP contribution in [0, 0.1) is 0 Å². The van der Waals surface area contributed by atoms with Gasteiger partial charge in [0.1, 0.15) is 11.6 Å². The topological polar surface area (TPSA) is 87.5 Å². The summed E-state index contributed by atoms with van der Waals surface area (Å²) in [7, 11) is 1.60. The van der Waals surface area contributed by atoms with Crippen molar-refractivity contribution < 1.29 is 14.4 Å². The van der Waals surface area contributed by atoms with Gasteiger partial charge in [-0.2, -0.15) is 5.10 Å². The Kier molecular flexibility index (Phi) is 7.60. The minimum Gasteiger partial charge on any atom is -0.341 e. The Balaban J connectivity index is 2.05. The van der Waals surface area contributed by atoms with Crippen molar-refractivity contribution in [2.45, 2.75) is 64.5 Å². The molecule has 1 saturated carbocycles. The lowest BCUT2D eigenvalue weighted by Gasteiger charge is -2.40. The summed E-state index contributed by atoms with van der Waals surface area (Å²) in [6.45, 7) is 6.79. The minimum absolute atomic E-state index is 0.00978. The van der Waals surface area contributed by atoms with E-state index in [0.29, 0.717) is 25.9 Å². The Morgan fingerprint density at radius 1 is 1.18 bits per heavy atom. The molecule has 1 unspecified atom stereocenters. The van der Waals surface area contributed by atoms with Crippen molar-refractivity contribution in [1.29, 1.82) is 0 Å². The molecular weight excluding hydrogens is 358 g/mol. The van der Waals surface area contributed by atoms with Crippen LogP contribution in [0.4, 0.5) is 0 Å². The predicted octanol–water partition coefficient (Wildman–Crippen LogP) is 1.59. The normalized spacial score (nSPS) is 16.9. The first-order valence-corrected chi connectivity index (χ1v) is 10.2. The van der Waals surface area contributed by atoms with Crippen LogP contribution in [0.5, 0.6) is 0 Å². The summed E-state index contributed by atoms with van der Waals surface area (Å²) >= 11 is 0. The molecule has 1 aliphatic rings. The molecule has 1 aromatic rings. The standard InChI is InChI=1S/C20H33N5O3/c1-5-24(6-2)19(28)20(11-8-7-9-12-20)22-17(26)15-23(4)18(27)16(3)25-14-10-13-21-25/h10,13-14,16H,5-9,11-12,15H2,1-4H3,(H,22,26). The lowest BCUT2D eigenvalue weighted by atomic mass is 9.80. The summed E-state index contributed by atoms with van der Waals surface area (Å²) in [5, 5.41) is 7.08. The third kappa shape index (κ3) is 4.91. The van der Waals surface area contributed by atoms with E-state index in [4.69, 9.17) is 0 Å². The van der Waals surface area contributed by atoms with Crippen molar-refractivity contribution in [3.8, 4) is 0 Å². The van der Waals surface area contributed by atoms with E-state index in [-0.39, 0.29) is 24.3 Å². The molecule has 0 aromatic carbocycles. The number of nitrogens with one attached hydrogen (secondary N) is 1. The summed E-state index contributed by atoms with van der Waals surface area (Å²) in [6, 6.07) is 1.26. The quantitative estimate of drug-likeness (QED) is 0.729. The van der Waals surface area contributed by atoms with E-state index in [0.717, 1.165) is 19.3 Å². The largest absolute Gasteiger partial charge is 0.341 e. The number of hydrogen-bond donors (Lipinski definition) is 1. The molecule has 0 bridgehead atoms. The highest BCUT2D eigenvalue weighted by Crippen LogP contribution is 2.30. The fourth-order valence-electron chi connectivity index (χ4n) is 3.90. The van der Waals surface area contributed by atoms with E-state index in [9.17, 15) is 14.4 Å². The summed E-state index contributed by atoms with van der Waals surface area (Å²) in [4.78, 5) is 41.6. The molecule has 1 heterocycles. The van der Waals surface area contributed by atoms with E-state index in [1.54, 1.807) is 42.0 Å². The van der Waals surface area contributed by atoms with Crippen molar-refractivity contribution in [2.75, 3.05) is 26.7 Å².